The SMILES string of the molecule is COc1ccc([C@@]2(c3cccc(-c4cccnc4)c3)COC(N)=N2)cc1Cl. The molecule has 136 valence electrons. The molecule has 4 rings (SSSR count). The van der Waals surface area contributed by atoms with E-state index in [9.17, 15) is 0 Å². The van der Waals surface area contributed by atoms with Crippen molar-refractivity contribution >= 4 is 17.6 Å². The molecular weight excluding hydrogens is 362 g/mol. The Balaban J connectivity index is 1.86. The number of amidine groups is 1. The highest BCUT2D eigenvalue weighted by Gasteiger charge is 2.40. The number of halogens is 1. The number of benzene rings is 2. The number of hydrogen-bond donors (Lipinski definition) is 1. The van der Waals surface area contributed by atoms with Crippen LogP contribution in [0.5, 0.6) is 5.75 Å². The first-order valence-corrected chi connectivity index (χ1v) is 8.83. The van der Waals surface area contributed by atoms with Crippen LogP contribution in [-0.2, 0) is 10.3 Å². The largest absolute Gasteiger partial charge is 0.495 e. The average molecular weight is 380 g/mol. The Hall–Kier alpha value is -3.05. The lowest BCUT2D eigenvalue weighted by Crippen LogP contribution is -2.27. The molecule has 1 atom stereocenters. The molecule has 0 bridgehead atoms. The molecular formula is C21H18ClN3O2. The molecule has 27 heavy (non-hydrogen) atoms. The minimum atomic E-state index is -0.766. The van der Waals surface area contributed by atoms with Crippen LogP contribution in [0.4, 0.5) is 0 Å². The number of aromatic nitrogens is 1. The lowest BCUT2D eigenvalue weighted by atomic mass is 9.83. The Bertz CT molecular complexity index is 1010. The van der Waals surface area contributed by atoms with Gasteiger partial charge < -0.3 is 15.2 Å². The molecule has 0 unspecified atom stereocenters. The molecule has 0 aliphatic carbocycles. The van der Waals surface area contributed by atoms with Crippen LogP contribution in [0.1, 0.15) is 11.1 Å². The zero-order valence-corrected chi connectivity index (χ0v) is 15.5. The molecule has 5 nitrogen and oxygen atoms in total. The highest BCUT2D eigenvalue weighted by molar-refractivity contribution is 6.32. The Labute approximate surface area is 162 Å². The Morgan fingerprint density at radius 3 is 2.56 bits per heavy atom. The van der Waals surface area contributed by atoms with E-state index in [0.717, 1.165) is 22.3 Å². The van der Waals surface area contributed by atoms with Crippen LogP contribution < -0.4 is 10.5 Å². The maximum atomic E-state index is 6.37. The minimum Gasteiger partial charge on any atom is -0.495 e. The maximum absolute atomic E-state index is 6.37. The number of methoxy groups -OCH3 is 1. The van der Waals surface area contributed by atoms with Crippen molar-refractivity contribution in [2.75, 3.05) is 13.7 Å². The van der Waals surface area contributed by atoms with Gasteiger partial charge in [0.1, 0.15) is 12.4 Å². The van der Waals surface area contributed by atoms with Gasteiger partial charge in [-0.05, 0) is 46.5 Å². The van der Waals surface area contributed by atoms with Gasteiger partial charge in [-0.15, -0.1) is 0 Å². The molecule has 1 aliphatic rings. The average Bonchev–Trinajstić information content (AvgIpc) is 3.12. The van der Waals surface area contributed by atoms with Crippen molar-refractivity contribution in [1.29, 1.82) is 0 Å². The second-order valence-electron chi connectivity index (χ2n) is 6.27. The third-order valence-corrected chi connectivity index (χ3v) is 4.99. The smallest absolute Gasteiger partial charge is 0.283 e. The molecule has 0 amide bonds. The normalized spacial score (nSPS) is 18.7. The summed E-state index contributed by atoms with van der Waals surface area (Å²) in [7, 11) is 1.59. The van der Waals surface area contributed by atoms with E-state index in [1.54, 1.807) is 13.3 Å². The highest BCUT2D eigenvalue weighted by Crippen LogP contribution is 2.41. The first kappa shape index (κ1) is 17.4. The molecule has 3 aromatic rings. The molecule has 6 heteroatoms. The van der Waals surface area contributed by atoms with Gasteiger partial charge in [0.2, 0.25) is 0 Å². The topological polar surface area (TPSA) is 69.7 Å². The fourth-order valence-corrected chi connectivity index (χ4v) is 3.56. The predicted molar refractivity (Wildman–Crippen MR) is 106 cm³/mol. The summed E-state index contributed by atoms with van der Waals surface area (Å²) in [4.78, 5) is 8.85. The van der Waals surface area contributed by atoms with Crippen LogP contribution in [-0.4, -0.2) is 24.7 Å². The minimum absolute atomic E-state index is 0.161. The number of nitrogens with zero attached hydrogens (tertiary/aromatic N) is 2. The lowest BCUT2D eigenvalue weighted by Gasteiger charge is -2.26. The van der Waals surface area contributed by atoms with Gasteiger partial charge in [0.25, 0.3) is 6.02 Å². The summed E-state index contributed by atoms with van der Waals surface area (Å²) >= 11 is 6.37. The second kappa shape index (κ2) is 6.93. The molecule has 1 aromatic heterocycles. The summed E-state index contributed by atoms with van der Waals surface area (Å²) < 4.78 is 10.8. The molecule has 0 radical (unpaired) electrons. The van der Waals surface area contributed by atoms with E-state index in [-0.39, 0.29) is 6.02 Å². The molecule has 0 fully saturated rings. The van der Waals surface area contributed by atoms with Crippen LogP contribution in [0.2, 0.25) is 5.02 Å². The first-order valence-electron chi connectivity index (χ1n) is 8.45. The van der Waals surface area contributed by atoms with Crippen molar-refractivity contribution in [1.82, 2.24) is 4.98 Å². The van der Waals surface area contributed by atoms with Gasteiger partial charge in [-0.2, -0.15) is 0 Å². The van der Waals surface area contributed by atoms with Crippen molar-refractivity contribution in [2.45, 2.75) is 5.54 Å². The molecule has 0 spiro atoms. The fraction of sp³-hybridized carbons (Fsp3) is 0.143. The second-order valence-corrected chi connectivity index (χ2v) is 6.68. The van der Waals surface area contributed by atoms with E-state index in [1.807, 2.05) is 54.7 Å². The van der Waals surface area contributed by atoms with Crippen LogP contribution in [0.25, 0.3) is 11.1 Å². The molecule has 1 aliphatic heterocycles. The van der Waals surface area contributed by atoms with Crippen molar-refractivity contribution in [2.24, 2.45) is 10.7 Å². The van der Waals surface area contributed by atoms with Crippen molar-refractivity contribution in [3.8, 4) is 16.9 Å². The number of aliphatic imine (C=N–C) groups is 1. The Kier molecular flexibility index (Phi) is 4.46. The van der Waals surface area contributed by atoms with E-state index in [2.05, 4.69) is 16.0 Å². The highest BCUT2D eigenvalue weighted by atomic mass is 35.5. The monoisotopic (exact) mass is 379 g/mol. The van der Waals surface area contributed by atoms with Crippen LogP contribution in [0.15, 0.2) is 72.0 Å². The van der Waals surface area contributed by atoms with Crippen molar-refractivity contribution in [3.05, 3.63) is 83.1 Å². The van der Waals surface area contributed by atoms with Crippen LogP contribution in [0, 0.1) is 0 Å². The van der Waals surface area contributed by atoms with Crippen molar-refractivity contribution < 1.29 is 9.47 Å². The van der Waals surface area contributed by atoms with Crippen LogP contribution in [0.3, 0.4) is 0 Å². The molecule has 2 aromatic carbocycles. The Morgan fingerprint density at radius 1 is 1.07 bits per heavy atom. The summed E-state index contributed by atoms with van der Waals surface area (Å²) in [5.41, 5.74) is 9.04. The van der Waals surface area contributed by atoms with Gasteiger partial charge in [0.15, 0.2) is 5.54 Å². The summed E-state index contributed by atoms with van der Waals surface area (Å²) in [5, 5.41) is 0.512. The number of pyridine rings is 1. The van der Waals surface area contributed by atoms with Gasteiger partial charge in [0.05, 0.1) is 12.1 Å². The lowest BCUT2D eigenvalue weighted by molar-refractivity contribution is 0.278. The zero-order valence-electron chi connectivity index (χ0n) is 14.7. The fourth-order valence-electron chi connectivity index (χ4n) is 3.31. The van der Waals surface area contributed by atoms with E-state index >= 15 is 0 Å². The van der Waals surface area contributed by atoms with Gasteiger partial charge in [-0.1, -0.05) is 41.9 Å². The summed E-state index contributed by atoms with van der Waals surface area (Å²) in [6.07, 6.45) is 3.59. The molecule has 2 N–H and O–H groups in total. The number of nitrogens with two attached hydrogens (primary N) is 1. The zero-order chi connectivity index (χ0) is 18.9. The van der Waals surface area contributed by atoms with Crippen molar-refractivity contribution in [3.63, 3.8) is 0 Å². The van der Waals surface area contributed by atoms with E-state index in [4.69, 9.17) is 26.8 Å². The quantitative estimate of drug-likeness (QED) is 0.743. The van der Waals surface area contributed by atoms with E-state index in [1.165, 1.54) is 0 Å². The summed E-state index contributed by atoms with van der Waals surface area (Å²) in [6.45, 7) is 0.304. The maximum Gasteiger partial charge on any atom is 0.283 e. The standard InChI is InChI=1S/C21H18ClN3O2/c1-26-19-8-7-17(11-18(19)22)21(13-27-20(23)25-21)16-6-2-4-14(10-16)15-5-3-9-24-12-15/h2-12H,13H2,1H3,(H2,23,25)/t21-/m0/s1. The first-order chi connectivity index (χ1) is 13.1. The Morgan fingerprint density at radius 2 is 1.89 bits per heavy atom. The van der Waals surface area contributed by atoms with Gasteiger partial charge in [-0.3, -0.25) is 4.98 Å². The molecule has 0 saturated heterocycles. The van der Waals surface area contributed by atoms with Gasteiger partial charge in [0, 0.05) is 12.4 Å². The van der Waals surface area contributed by atoms with E-state index < -0.39 is 5.54 Å². The van der Waals surface area contributed by atoms with E-state index in [0.29, 0.717) is 17.4 Å². The summed E-state index contributed by atoms with van der Waals surface area (Å²) in [5.74, 6) is 0.607. The number of hydrogen-bond acceptors (Lipinski definition) is 5. The molecule has 2 heterocycles. The van der Waals surface area contributed by atoms with Gasteiger partial charge >= 0.3 is 0 Å². The molecule has 0 saturated carbocycles. The third kappa shape index (κ3) is 3.11. The van der Waals surface area contributed by atoms with Crippen LogP contribution >= 0.6 is 11.6 Å². The summed E-state index contributed by atoms with van der Waals surface area (Å²) in [6, 6.07) is 17.8. The third-order valence-electron chi connectivity index (χ3n) is 4.69. The van der Waals surface area contributed by atoms with Gasteiger partial charge in [-0.25, -0.2) is 4.99 Å². The number of rotatable bonds is 4. The number of ether oxygens (including phenoxy) is 2. The predicted octanol–water partition coefficient (Wildman–Crippen LogP) is 4.00.